The molecule has 1 atom stereocenters. The molecule has 0 aliphatic heterocycles. The van der Waals surface area contributed by atoms with Gasteiger partial charge in [0.15, 0.2) is 0 Å². The molecule has 0 aliphatic rings. The lowest BCUT2D eigenvalue weighted by atomic mass is 10.0. The molecule has 17 heavy (non-hydrogen) atoms. The van der Waals surface area contributed by atoms with Crippen LogP contribution in [0.5, 0.6) is 0 Å². The van der Waals surface area contributed by atoms with Gasteiger partial charge in [0.2, 0.25) is 5.82 Å². The van der Waals surface area contributed by atoms with E-state index in [-0.39, 0.29) is 0 Å². The zero-order chi connectivity index (χ0) is 13.0. The van der Waals surface area contributed by atoms with Gasteiger partial charge in [0.25, 0.3) is 0 Å². The number of rotatable bonds is 5. The van der Waals surface area contributed by atoms with E-state index in [2.05, 4.69) is 0 Å². The fraction of sp³-hybridized carbons (Fsp3) is 0.364. The molecule has 0 saturated heterocycles. The minimum Gasteiger partial charge on any atom is -0.481 e. The Bertz CT molecular complexity index is 447. The Kier molecular flexibility index (Phi) is 4.14. The number of carboxylic acid groups (broad SMARTS) is 1. The van der Waals surface area contributed by atoms with Crippen molar-refractivity contribution in [2.75, 3.05) is 0 Å². The van der Waals surface area contributed by atoms with Crippen molar-refractivity contribution in [1.29, 1.82) is 0 Å². The Labute approximate surface area is 97.0 Å². The van der Waals surface area contributed by atoms with Gasteiger partial charge in [-0.05, 0) is 24.5 Å². The van der Waals surface area contributed by atoms with E-state index in [1.54, 1.807) is 6.92 Å². The second-order valence-electron chi connectivity index (χ2n) is 3.82. The van der Waals surface area contributed by atoms with Crippen LogP contribution >= 0.6 is 0 Å². The van der Waals surface area contributed by atoms with Crippen LogP contribution in [-0.2, 0) is 11.2 Å². The van der Waals surface area contributed by atoms with Crippen molar-refractivity contribution in [3.8, 4) is 0 Å². The van der Waals surface area contributed by atoms with Gasteiger partial charge in [-0.1, -0.05) is 13.0 Å². The van der Waals surface area contributed by atoms with Crippen molar-refractivity contribution >= 4 is 11.7 Å². The van der Waals surface area contributed by atoms with Gasteiger partial charge in [-0.15, -0.1) is 0 Å². The second-order valence-corrected chi connectivity index (χ2v) is 3.82. The third-order valence-electron chi connectivity index (χ3n) is 2.49. The lowest BCUT2D eigenvalue weighted by Gasteiger charge is -2.05. The predicted molar refractivity (Wildman–Crippen MR) is 58.2 cm³/mol. The van der Waals surface area contributed by atoms with E-state index in [1.165, 1.54) is 6.07 Å². The summed E-state index contributed by atoms with van der Waals surface area (Å²) in [7, 11) is 0. The normalized spacial score (nSPS) is 12.1. The zero-order valence-electron chi connectivity index (χ0n) is 9.22. The van der Waals surface area contributed by atoms with Crippen molar-refractivity contribution in [1.82, 2.24) is 0 Å². The van der Waals surface area contributed by atoms with E-state index in [9.17, 15) is 19.3 Å². The highest BCUT2D eigenvalue weighted by atomic mass is 19.1. The molecule has 0 bridgehead atoms. The molecular weight excluding hydrogens is 229 g/mol. The molecule has 92 valence electrons. The minimum atomic E-state index is -0.915. The topological polar surface area (TPSA) is 80.4 Å². The molecule has 0 aromatic heterocycles. The smallest absolute Gasteiger partial charge is 0.306 e. The maximum atomic E-state index is 13.0. The summed E-state index contributed by atoms with van der Waals surface area (Å²) in [6.07, 6.45) is 0.729. The average Bonchev–Trinajstić information content (AvgIpc) is 2.26. The number of aliphatic carboxylic acids is 1. The number of aryl methyl sites for hydroxylation is 1. The van der Waals surface area contributed by atoms with E-state index in [4.69, 9.17) is 5.11 Å². The summed E-state index contributed by atoms with van der Waals surface area (Å²) in [4.78, 5) is 20.3. The fourth-order valence-corrected chi connectivity index (χ4v) is 1.36. The van der Waals surface area contributed by atoms with Crippen LogP contribution in [0, 0.1) is 21.8 Å². The monoisotopic (exact) mass is 241 g/mol. The molecular formula is C11H12FNO4. The van der Waals surface area contributed by atoms with Gasteiger partial charge in [-0.25, -0.2) is 0 Å². The van der Waals surface area contributed by atoms with Gasteiger partial charge >= 0.3 is 11.7 Å². The van der Waals surface area contributed by atoms with E-state index in [0.717, 1.165) is 12.1 Å². The summed E-state index contributed by atoms with van der Waals surface area (Å²) < 4.78 is 13.0. The van der Waals surface area contributed by atoms with Crippen LogP contribution in [0.4, 0.5) is 10.1 Å². The van der Waals surface area contributed by atoms with Crippen LogP contribution in [-0.4, -0.2) is 16.0 Å². The Morgan fingerprint density at radius 3 is 2.76 bits per heavy atom. The van der Waals surface area contributed by atoms with Crippen LogP contribution in [0.25, 0.3) is 0 Å². The molecule has 1 aromatic rings. The van der Waals surface area contributed by atoms with Crippen molar-refractivity contribution in [3.05, 3.63) is 39.7 Å². The zero-order valence-corrected chi connectivity index (χ0v) is 9.22. The quantitative estimate of drug-likeness (QED) is 0.634. The van der Waals surface area contributed by atoms with E-state index >= 15 is 0 Å². The first-order valence-electron chi connectivity index (χ1n) is 5.07. The molecule has 6 heteroatoms. The summed E-state index contributed by atoms with van der Waals surface area (Å²) in [6.45, 7) is 1.56. The van der Waals surface area contributed by atoms with Gasteiger partial charge in [-0.3, -0.25) is 14.9 Å². The predicted octanol–water partition coefficient (Wildman–Crippen LogP) is 2.39. The lowest BCUT2D eigenvalue weighted by Crippen LogP contribution is -2.10. The maximum absolute atomic E-state index is 13.0. The van der Waals surface area contributed by atoms with Crippen LogP contribution in [0.1, 0.15) is 18.9 Å². The molecule has 0 spiro atoms. The molecule has 0 radical (unpaired) electrons. The minimum absolute atomic E-state index is 0.359. The van der Waals surface area contributed by atoms with Crippen LogP contribution < -0.4 is 0 Å². The van der Waals surface area contributed by atoms with Crippen LogP contribution in [0.15, 0.2) is 18.2 Å². The number of nitro benzene ring substituents is 1. The molecule has 0 amide bonds. The summed E-state index contributed by atoms with van der Waals surface area (Å²) in [5.41, 5.74) is -0.0170. The fourth-order valence-electron chi connectivity index (χ4n) is 1.36. The Morgan fingerprint density at radius 1 is 1.59 bits per heavy atom. The number of nitrogens with zero attached hydrogens (tertiary/aromatic N) is 1. The van der Waals surface area contributed by atoms with Crippen LogP contribution in [0.2, 0.25) is 0 Å². The Balaban J connectivity index is 2.76. The number of carboxylic acids is 1. The van der Waals surface area contributed by atoms with E-state index in [1.807, 2.05) is 0 Å². The lowest BCUT2D eigenvalue weighted by molar-refractivity contribution is -0.387. The van der Waals surface area contributed by atoms with Crippen LogP contribution in [0.3, 0.4) is 0 Å². The molecule has 0 aliphatic carbocycles. The number of halogens is 1. The number of carbonyl (C=O) groups is 1. The summed E-state index contributed by atoms with van der Waals surface area (Å²) in [5.74, 6) is -2.33. The number of nitro groups is 1. The highest BCUT2D eigenvalue weighted by Gasteiger charge is 2.15. The Morgan fingerprint density at radius 2 is 2.24 bits per heavy atom. The molecule has 5 nitrogen and oxygen atoms in total. The molecule has 1 aromatic carbocycles. The van der Waals surface area contributed by atoms with Crippen molar-refractivity contribution < 1.29 is 19.2 Å². The maximum Gasteiger partial charge on any atom is 0.306 e. The number of hydrogen-bond acceptors (Lipinski definition) is 3. The molecule has 0 heterocycles. The third kappa shape index (κ3) is 3.51. The average molecular weight is 241 g/mol. The summed E-state index contributed by atoms with van der Waals surface area (Å²) >= 11 is 0. The highest BCUT2D eigenvalue weighted by Crippen LogP contribution is 2.20. The van der Waals surface area contributed by atoms with E-state index < -0.39 is 28.3 Å². The van der Waals surface area contributed by atoms with E-state index in [0.29, 0.717) is 18.4 Å². The molecule has 1 N–H and O–H groups in total. The standard InChI is InChI=1S/C11H12FNO4/c1-7(11(14)15)2-3-8-4-5-9(12)10(6-8)13(16)17/h4-7H,2-3H2,1H3,(H,14,15). The molecule has 1 rings (SSSR count). The van der Waals surface area contributed by atoms with Crippen molar-refractivity contribution in [3.63, 3.8) is 0 Å². The summed E-state index contributed by atoms with van der Waals surface area (Å²) in [5, 5.41) is 19.2. The van der Waals surface area contributed by atoms with Gasteiger partial charge in [0.05, 0.1) is 10.8 Å². The largest absolute Gasteiger partial charge is 0.481 e. The molecule has 0 fully saturated rings. The van der Waals surface area contributed by atoms with Gasteiger partial charge in [-0.2, -0.15) is 4.39 Å². The first-order chi connectivity index (χ1) is 7.91. The third-order valence-corrected chi connectivity index (χ3v) is 2.49. The highest BCUT2D eigenvalue weighted by molar-refractivity contribution is 5.69. The second kappa shape index (κ2) is 5.38. The first kappa shape index (κ1) is 13.1. The van der Waals surface area contributed by atoms with Crippen molar-refractivity contribution in [2.24, 2.45) is 5.92 Å². The molecule has 0 saturated carbocycles. The van der Waals surface area contributed by atoms with Gasteiger partial charge < -0.3 is 5.11 Å². The Hall–Kier alpha value is -1.98. The summed E-state index contributed by atoms with van der Waals surface area (Å²) in [6, 6.07) is 3.60. The molecule has 1 unspecified atom stereocenters. The van der Waals surface area contributed by atoms with Crippen molar-refractivity contribution in [2.45, 2.75) is 19.8 Å². The SMILES string of the molecule is CC(CCc1ccc(F)c([N+](=O)[O-])c1)C(=O)O. The first-order valence-corrected chi connectivity index (χ1v) is 5.07. The number of hydrogen-bond donors (Lipinski definition) is 1. The number of benzene rings is 1. The van der Waals surface area contributed by atoms with Gasteiger partial charge in [0, 0.05) is 6.07 Å². The van der Waals surface area contributed by atoms with Gasteiger partial charge in [0.1, 0.15) is 0 Å².